The fourth-order valence-corrected chi connectivity index (χ4v) is 2.68. The van der Waals surface area contributed by atoms with Gasteiger partial charge >= 0.3 is 0 Å². The Morgan fingerprint density at radius 1 is 1.24 bits per heavy atom. The van der Waals surface area contributed by atoms with Crippen molar-refractivity contribution in [3.8, 4) is 11.5 Å². The largest absolute Gasteiger partial charge is 0.490 e. The zero-order chi connectivity index (χ0) is 15.1. The predicted molar refractivity (Wildman–Crippen MR) is 83.9 cm³/mol. The van der Waals surface area contributed by atoms with E-state index in [0.29, 0.717) is 13.2 Å². The maximum Gasteiger partial charge on any atom is 0.161 e. The molecule has 1 aromatic carbocycles. The van der Waals surface area contributed by atoms with Crippen molar-refractivity contribution in [2.24, 2.45) is 0 Å². The second-order valence-corrected chi connectivity index (χ2v) is 5.59. The first-order chi connectivity index (χ1) is 10.2. The molecule has 1 N–H and O–H groups in total. The van der Waals surface area contributed by atoms with Crippen molar-refractivity contribution < 1.29 is 14.6 Å². The summed E-state index contributed by atoms with van der Waals surface area (Å²) in [4.78, 5) is 2.30. The van der Waals surface area contributed by atoms with Gasteiger partial charge < -0.3 is 14.6 Å². The highest BCUT2D eigenvalue weighted by Gasteiger charge is 2.18. The molecule has 21 heavy (non-hydrogen) atoms. The number of likely N-dealkylation sites (tertiary alicyclic amines) is 1. The molecule has 1 fully saturated rings. The van der Waals surface area contributed by atoms with Crippen LogP contribution in [0.2, 0.25) is 0 Å². The normalized spacial score (nSPS) is 19.5. The lowest BCUT2D eigenvalue weighted by molar-refractivity contribution is 0.0668. The van der Waals surface area contributed by atoms with E-state index in [-0.39, 0.29) is 6.10 Å². The maximum atomic E-state index is 9.75. The molecule has 0 amide bonds. The SMILES string of the molecule is CCCOc1ccc(CN2CCCC(O)C2)cc1OCC. The number of β-amino-alcohol motifs (C(OH)–C–C–N with tert-alkyl or cyclic N) is 1. The van der Waals surface area contributed by atoms with Gasteiger partial charge in [-0.3, -0.25) is 4.90 Å². The Balaban J connectivity index is 2.03. The Bertz CT molecular complexity index is 436. The number of nitrogens with zero attached hydrogens (tertiary/aromatic N) is 1. The molecule has 4 nitrogen and oxygen atoms in total. The van der Waals surface area contributed by atoms with E-state index in [9.17, 15) is 5.11 Å². The van der Waals surface area contributed by atoms with Gasteiger partial charge in [-0.05, 0) is 50.4 Å². The number of rotatable bonds is 7. The van der Waals surface area contributed by atoms with Crippen LogP contribution in [0.5, 0.6) is 11.5 Å². The highest BCUT2D eigenvalue weighted by molar-refractivity contribution is 5.43. The number of ether oxygens (including phenoxy) is 2. The number of hydrogen-bond donors (Lipinski definition) is 1. The van der Waals surface area contributed by atoms with E-state index in [1.165, 1.54) is 5.56 Å². The van der Waals surface area contributed by atoms with Gasteiger partial charge in [0.05, 0.1) is 19.3 Å². The second-order valence-electron chi connectivity index (χ2n) is 5.59. The molecule has 1 atom stereocenters. The quantitative estimate of drug-likeness (QED) is 0.839. The highest BCUT2D eigenvalue weighted by Crippen LogP contribution is 2.29. The predicted octanol–water partition coefficient (Wildman–Crippen LogP) is 2.83. The van der Waals surface area contributed by atoms with Gasteiger partial charge in [0.15, 0.2) is 11.5 Å². The van der Waals surface area contributed by atoms with Crippen molar-refractivity contribution in [1.29, 1.82) is 0 Å². The topological polar surface area (TPSA) is 41.9 Å². The van der Waals surface area contributed by atoms with E-state index in [4.69, 9.17) is 9.47 Å². The van der Waals surface area contributed by atoms with E-state index >= 15 is 0 Å². The van der Waals surface area contributed by atoms with Crippen LogP contribution in [0, 0.1) is 0 Å². The number of hydrogen-bond acceptors (Lipinski definition) is 4. The third kappa shape index (κ3) is 4.90. The minimum Gasteiger partial charge on any atom is -0.490 e. The molecule has 4 heteroatoms. The van der Waals surface area contributed by atoms with Crippen LogP contribution in [0.15, 0.2) is 18.2 Å². The highest BCUT2D eigenvalue weighted by atomic mass is 16.5. The summed E-state index contributed by atoms with van der Waals surface area (Å²) in [5.74, 6) is 1.64. The summed E-state index contributed by atoms with van der Waals surface area (Å²) in [7, 11) is 0. The van der Waals surface area contributed by atoms with Crippen LogP contribution in [0.4, 0.5) is 0 Å². The summed E-state index contributed by atoms with van der Waals surface area (Å²) in [6, 6.07) is 6.15. The molecule has 1 aliphatic rings. The molecule has 0 spiro atoms. The number of aliphatic hydroxyl groups excluding tert-OH is 1. The molecule has 0 aromatic heterocycles. The molecular weight excluding hydrogens is 266 g/mol. The van der Waals surface area contributed by atoms with Gasteiger partial charge in [0.25, 0.3) is 0 Å². The Labute approximate surface area is 127 Å². The van der Waals surface area contributed by atoms with E-state index in [0.717, 1.165) is 50.4 Å². The Kier molecular flexibility index (Phi) is 6.33. The first-order valence-corrected chi connectivity index (χ1v) is 8.01. The maximum absolute atomic E-state index is 9.75. The van der Waals surface area contributed by atoms with Gasteiger partial charge in [-0.2, -0.15) is 0 Å². The zero-order valence-electron chi connectivity index (χ0n) is 13.2. The molecule has 1 saturated heterocycles. The lowest BCUT2D eigenvalue weighted by atomic mass is 10.1. The molecule has 1 aliphatic heterocycles. The minimum atomic E-state index is -0.183. The summed E-state index contributed by atoms with van der Waals surface area (Å²) in [6.07, 6.45) is 2.79. The minimum absolute atomic E-state index is 0.183. The van der Waals surface area contributed by atoms with Crippen molar-refractivity contribution in [2.75, 3.05) is 26.3 Å². The van der Waals surface area contributed by atoms with Gasteiger partial charge in [-0.1, -0.05) is 13.0 Å². The smallest absolute Gasteiger partial charge is 0.161 e. The molecule has 1 heterocycles. The molecular formula is C17H27NO3. The van der Waals surface area contributed by atoms with Crippen molar-refractivity contribution in [3.63, 3.8) is 0 Å². The zero-order valence-corrected chi connectivity index (χ0v) is 13.2. The van der Waals surface area contributed by atoms with E-state index < -0.39 is 0 Å². The summed E-state index contributed by atoms with van der Waals surface area (Å²) < 4.78 is 11.4. The fraction of sp³-hybridized carbons (Fsp3) is 0.647. The van der Waals surface area contributed by atoms with E-state index in [1.54, 1.807) is 0 Å². The summed E-state index contributed by atoms with van der Waals surface area (Å²) in [6.45, 7) is 8.08. The monoisotopic (exact) mass is 293 g/mol. The van der Waals surface area contributed by atoms with Crippen LogP contribution >= 0.6 is 0 Å². The summed E-state index contributed by atoms with van der Waals surface area (Å²) >= 11 is 0. The van der Waals surface area contributed by atoms with Crippen molar-refractivity contribution in [2.45, 2.75) is 45.8 Å². The first kappa shape index (κ1) is 16.1. The lowest BCUT2D eigenvalue weighted by Crippen LogP contribution is -2.37. The van der Waals surface area contributed by atoms with Gasteiger partial charge in [0.2, 0.25) is 0 Å². The Hall–Kier alpha value is -1.26. The van der Waals surface area contributed by atoms with E-state index in [2.05, 4.69) is 24.0 Å². The Morgan fingerprint density at radius 3 is 2.81 bits per heavy atom. The van der Waals surface area contributed by atoms with Crippen LogP contribution < -0.4 is 9.47 Å². The van der Waals surface area contributed by atoms with Crippen LogP contribution in [-0.2, 0) is 6.54 Å². The van der Waals surface area contributed by atoms with E-state index in [1.807, 2.05) is 13.0 Å². The molecule has 0 saturated carbocycles. The molecule has 1 unspecified atom stereocenters. The van der Waals surface area contributed by atoms with Crippen LogP contribution in [-0.4, -0.2) is 42.4 Å². The molecule has 0 aliphatic carbocycles. The number of piperidine rings is 1. The molecule has 1 aromatic rings. The number of benzene rings is 1. The first-order valence-electron chi connectivity index (χ1n) is 8.01. The summed E-state index contributed by atoms with van der Waals surface area (Å²) in [5, 5.41) is 9.75. The lowest BCUT2D eigenvalue weighted by Gasteiger charge is -2.30. The summed E-state index contributed by atoms with van der Waals surface area (Å²) in [5.41, 5.74) is 1.20. The fourth-order valence-electron chi connectivity index (χ4n) is 2.68. The van der Waals surface area contributed by atoms with Gasteiger partial charge in [0, 0.05) is 13.1 Å². The molecule has 2 rings (SSSR count). The van der Waals surface area contributed by atoms with Crippen LogP contribution in [0.1, 0.15) is 38.7 Å². The van der Waals surface area contributed by atoms with Gasteiger partial charge in [-0.25, -0.2) is 0 Å². The number of aliphatic hydroxyl groups is 1. The van der Waals surface area contributed by atoms with Gasteiger partial charge in [0.1, 0.15) is 0 Å². The third-order valence-electron chi connectivity index (χ3n) is 3.66. The molecule has 0 bridgehead atoms. The molecule has 118 valence electrons. The Morgan fingerprint density at radius 2 is 2.10 bits per heavy atom. The second kappa shape index (κ2) is 8.25. The van der Waals surface area contributed by atoms with Crippen molar-refractivity contribution in [3.05, 3.63) is 23.8 Å². The van der Waals surface area contributed by atoms with Crippen LogP contribution in [0.3, 0.4) is 0 Å². The van der Waals surface area contributed by atoms with Gasteiger partial charge in [-0.15, -0.1) is 0 Å². The molecule has 0 radical (unpaired) electrons. The standard InChI is InChI=1S/C17H27NO3/c1-3-10-21-16-8-7-14(11-17(16)20-4-2)12-18-9-5-6-15(19)13-18/h7-8,11,15,19H,3-6,9-10,12-13H2,1-2H3. The average molecular weight is 293 g/mol. The van der Waals surface area contributed by atoms with Crippen LogP contribution in [0.25, 0.3) is 0 Å². The third-order valence-corrected chi connectivity index (χ3v) is 3.66. The van der Waals surface area contributed by atoms with Crippen molar-refractivity contribution >= 4 is 0 Å². The van der Waals surface area contributed by atoms with Crippen molar-refractivity contribution in [1.82, 2.24) is 4.90 Å². The average Bonchev–Trinajstić information content (AvgIpc) is 2.47.